The quantitative estimate of drug-likeness (QED) is 0.636. The number of amides is 1. The highest BCUT2D eigenvalue weighted by molar-refractivity contribution is 6.30. The number of anilines is 1. The molecular weight excluding hydrogens is 388 g/mol. The number of nitrogens with zero attached hydrogens (tertiary/aromatic N) is 4. The molecule has 29 heavy (non-hydrogen) atoms. The first-order valence-corrected chi connectivity index (χ1v) is 10.1. The second-order valence-electron chi connectivity index (χ2n) is 7.18. The van der Waals surface area contributed by atoms with Gasteiger partial charge in [-0.05, 0) is 24.6 Å². The van der Waals surface area contributed by atoms with Crippen molar-refractivity contribution >= 4 is 23.2 Å². The lowest BCUT2D eigenvalue weighted by molar-refractivity contribution is -0.131. The van der Waals surface area contributed by atoms with Crippen LogP contribution in [0.5, 0.6) is 0 Å². The molecule has 0 atom stereocenters. The lowest BCUT2D eigenvalue weighted by atomic mass is 10.1. The Hall–Kier alpha value is -2.86. The molecule has 1 aliphatic heterocycles. The third-order valence-corrected chi connectivity index (χ3v) is 5.43. The second-order valence-corrected chi connectivity index (χ2v) is 7.61. The van der Waals surface area contributed by atoms with Crippen LogP contribution in [0.4, 0.5) is 5.69 Å². The van der Waals surface area contributed by atoms with Crippen molar-refractivity contribution in [2.45, 2.75) is 19.8 Å². The topological polar surface area (TPSA) is 62.5 Å². The smallest absolute Gasteiger partial charge is 0.227 e. The van der Waals surface area contributed by atoms with Crippen LogP contribution in [0.3, 0.4) is 0 Å². The van der Waals surface area contributed by atoms with Gasteiger partial charge in [-0.15, -0.1) is 0 Å². The number of piperazine rings is 1. The second kappa shape index (κ2) is 8.66. The summed E-state index contributed by atoms with van der Waals surface area (Å²) in [5.74, 6) is 1.16. The Labute approximate surface area is 175 Å². The van der Waals surface area contributed by atoms with Crippen LogP contribution in [-0.4, -0.2) is 47.1 Å². The van der Waals surface area contributed by atoms with Gasteiger partial charge in [0, 0.05) is 55.3 Å². The van der Waals surface area contributed by atoms with Gasteiger partial charge >= 0.3 is 0 Å². The molecule has 1 aliphatic rings. The number of benzene rings is 2. The molecule has 4 rings (SSSR count). The Morgan fingerprint density at radius 3 is 2.62 bits per heavy atom. The summed E-state index contributed by atoms with van der Waals surface area (Å²) in [6.45, 7) is 5.07. The van der Waals surface area contributed by atoms with Gasteiger partial charge < -0.3 is 14.3 Å². The van der Waals surface area contributed by atoms with E-state index in [1.54, 1.807) is 0 Å². The zero-order valence-corrected chi connectivity index (χ0v) is 17.1. The molecule has 2 heterocycles. The first-order chi connectivity index (χ1) is 14.1. The van der Waals surface area contributed by atoms with Crippen molar-refractivity contribution in [3.8, 4) is 11.4 Å². The molecule has 0 aliphatic carbocycles. The number of hydrogen-bond acceptors (Lipinski definition) is 5. The van der Waals surface area contributed by atoms with Crippen LogP contribution in [0.25, 0.3) is 11.4 Å². The minimum atomic E-state index is 0.118. The number of carbonyl (C=O) groups is 1. The van der Waals surface area contributed by atoms with E-state index in [1.807, 2.05) is 53.4 Å². The van der Waals surface area contributed by atoms with Gasteiger partial charge in [-0.3, -0.25) is 4.79 Å². The van der Waals surface area contributed by atoms with Crippen LogP contribution in [-0.2, 0) is 11.2 Å². The third kappa shape index (κ3) is 4.59. The van der Waals surface area contributed by atoms with Gasteiger partial charge in [-0.2, -0.15) is 4.98 Å². The van der Waals surface area contributed by atoms with Crippen molar-refractivity contribution < 1.29 is 9.32 Å². The highest BCUT2D eigenvalue weighted by Gasteiger charge is 2.22. The van der Waals surface area contributed by atoms with Crippen molar-refractivity contribution in [2.24, 2.45) is 0 Å². The predicted molar refractivity (Wildman–Crippen MR) is 113 cm³/mol. The van der Waals surface area contributed by atoms with E-state index in [0.29, 0.717) is 37.6 Å². The lowest BCUT2D eigenvalue weighted by Gasteiger charge is -2.37. The van der Waals surface area contributed by atoms with E-state index in [9.17, 15) is 4.79 Å². The molecule has 0 N–H and O–H groups in total. The summed E-state index contributed by atoms with van der Waals surface area (Å²) in [6, 6.07) is 15.6. The van der Waals surface area contributed by atoms with Gasteiger partial charge in [-0.25, -0.2) is 0 Å². The van der Waals surface area contributed by atoms with Crippen molar-refractivity contribution in [1.82, 2.24) is 15.0 Å². The summed E-state index contributed by atoms with van der Waals surface area (Å²) < 4.78 is 5.30. The Morgan fingerprint density at radius 2 is 1.86 bits per heavy atom. The summed E-state index contributed by atoms with van der Waals surface area (Å²) in [5, 5.41) is 4.74. The minimum Gasteiger partial charge on any atom is -0.368 e. The van der Waals surface area contributed by atoms with E-state index in [-0.39, 0.29) is 5.91 Å². The molecule has 7 heteroatoms. The van der Waals surface area contributed by atoms with Crippen LogP contribution < -0.4 is 4.90 Å². The summed E-state index contributed by atoms with van der Waals surface area (Å²) in [6.07, 6.45) is 0.818. The average molecular weight is 411 g/mol. The van der Waals surface area contributed by atoms with Crippen LogP contribution in [0, 0.1) is 6.92 Å². The fourth-order valence-corrected chi connectivity index (χ4v) is 3.72. The molecule has 150 valence electrons. The van der Waals surface area contributed by atoms with Crippen LogP contribution >= 0.6 is 11.6 Å². The molecule has 1 saturated heterocycles. The lowest BCUT2D eigenvalue weighted by Crippen LogP contribution is -2.49. The van der Waals surface area contributed by atoms with Crippen molar-refractivity contribution in [3.63, 3.8) is 0 Å². The van der Waals surface area contributed by atoms with Crippen LogP contribution in [0.1, 0.15) is 17.9 Å². The normalized spacial score (nSPS) is 14.3. The zero-order chi connectivity index (χ0) is 20.2. The Morgan fingerprint density at radius 1 is 1.10 bits per heavy atom. The summed E-state index contributed by atoms with van der Waals surface area (Å²) in [4.78, 5) is 21.2. The highest BCUT2D eigenvalue weighted by Crippen LogP contribution is 2.25. The molecule has 0 unspecified atom stereocenters. The first-order valence-electron chi connectivity index (χ1n) is 9.77. The molecule has 0 bridgehead atoms. The highest BCUT2D eigenvalue weighted by atomic mass is 35.5. The predicted octanol–water partition coefficient (Wildman–Crippen LogP) is 3.98. The van der Waals surface area contributed by atoms with E-state index >= 15 is 0 Å². The van der Waals surface area contributed by atoms with E-state index < -0.39 is 0 Å². The van der Waals surface area contributed by atoms with E-state index in [0.717, 1.165) is 29.4 Å². The molecule has 0 spiro atoms. The Kier molecular flexibility index (Phi) is 5.81. The maximum Gasteiger partial charge on any atom is 0.227 e. The number of aryl methyl sites for hydroxylation is 2. The summed E-state index contributed by atoms with van der Waals surface area (Å²) in [5.41, 5.74) is 3.24. The Balaban J connectivity index is 1.29. The molecule has 1 aromatic heterocycles. The third-order valence-electron chi connectivity index (χ3n) is 5.20. The average Bonchev–Trinajstić information content (AvgIpc) is 3.24. The molecule has 2 aromatic carbocycles. The number of rotatable bonds is 5. The monoisotopic (exact) mass is 410 g/mol. The van der Waals surface area contributed by atoms with Crippen LogP contribution in [0.2, 0.25) is 5.02 Å². The van der Waals surface area contributed by atoms with E-state index in [1.165, 1.54) is 5.56 Å². The molecule has 6 nitrogen and oxygen atoms in total. The standard InChI is InChI=1S/C22H23ClN4O2/c1-16-7-8-18(23)15-19(16)26-11-13-27(14-12-26)21(28)10-9-20-24-22(25-29-20)17-5-3-2-4-6-17/h2-8,15H,9-14H2,1H3. The molecule has 0 saturated carbocycles. The van der Waals surface area contributed by atoms with Gasteiger partial charge in [0.05, 0.1) is 0 Å². The van der Waals surface area contributed by atoms with E-state index in [4.69, 9.17) is 16.1 Å². The van der Waals surface area contributed by atoms with Crippen molar-refractivity contribution in [1.29, 1.82) is 0 Å². The number of halogens is 1. The van der Waals surface area contributed by atoms with Gasteiger partial charge in [0.25, 0.3) is 0 Å². The maximum atomic E-state index is 12.6. The molecular formula is C22H23ClN4O2. The van der Waals surface area contributed by atoms with E-state index in [2.05, 4.69) is 22.0 Å². The van der Waals surface area contributed by atoms with Crippen molar-refractivity contribution in [2.75, 3.05) is 31.1 Å². The fourth-order valence-electron chi connectivity index (χ4n) is 3.55. The number of hydrogen-bond donors (Lipinski definition) is 0. The minimum absolute atomic E-state index is 0.118. The number of aromatic nitrogens is 2. The SMILES string of the molecule is Cc1ccc(Cl)cc1N1CCN(C(=O)CCc2nc(-c3ccccc3)no2)CC1. The van der Waals surface area contributed by atoms with Gasteiger partial charge in [-0.1, -0.05) is 53.2 Å². The molecule has 1 amide bonds. The van der Waals surface area contributed by atoms with Gasteiger partial charge in [0.2, 0.25) is 17.6 Å². The van der Waals surface area contributed by atoms with Crippen molar-refractivity contribution in [3.05, 3.63) is 65.0 Å². The Bertz CT molecular complexity index is 981. The molecule has 3 aromatic rings. The number of carbonyl (C=O) groups excluding carboxylic acids is 1. The van der Waals surface area contributed by atoms with Crippen LogP contribution in [0.15, 0.2) is 53.1 Å². The fraction of sp³-hybridized carbons (Fsp3) is 0.318. The summed E-state index contributed by atoms with van der Waals surface area (Å²) in [7, 11) is 0. The zero-order valence-electron chi connectivity index (χ0n) is 16.3. The largest absolute Gasteiger partial charge is 0.368 e. The van der Waals surface area contributed by atoms with Gasteiger partial charge in [0.15, 0.2) is 0 Å². The first kappa shape index (κ1) is 19.5. The molecule has 0 radical (unpaired) electrons. The molecule has 1 fully saturated rings. The summed E-state index contributed by atoms with van der Waals surface area (Å²) >= 11 is 6.14. The maximum absolute atomic E-state index is 12.6. The van der Waals surface area contributed by atoms with Gasteiger partial charge in [0.1, 0.15) is 0 Å².